The third-order valence-electron chi connectivity index (χ3n) is 5.74. The fraction of sp³-hybridized carbons (Fsp3) is 1.00. The van der Waals surface area contributed by atoms with Crippen LogP contribution in [0.4, 0.5) is 0 Å². The predicted molar refractivity (Wildman–Crippen MR) is 102 cm³/mol. The first kappa shape index (κ1) is 19.6. The Labute approximate surface area is 156 Å². The summed E-state index contributed by atoms with van der Waals surface area (Å²) in [5.74, 6) is -2.62. The number of hydrogen-bond donors (Lipinski definition) is 0. The molecule has 0 aromatic heterocycles. The first-order valence-electron chi connectivity index (χ1n) is 9.84. The Morgan fingerprint density at radius 1 is 0.833 bits per heavy atom. The topological polar surface area (TPSA) is 27.7 Å². The van der Waals surface area contributed by atoms with Gasteiger partial charge in [0.05, 0.1) is 0 Å². The van der Waals surface area contributed by atoms with E-state index in [1.165, 1.54) is 64.2 Å². The van der Waals surface area contributed by atoms with Crippen molar-refractivity contribution in [3.63, 3.8) is 0 Å². The second kappa shape index (κ2) is 7.87. The quantitative estimate of drug-likeness (QED) is 0.457. The van der Waals surface area contributed by atoms with Crippen LogP contribution in [-0.2, 0) is 13.6 Å². The van der Waals surface area contributed by atoms with E-state index in [1.54, 1.807) is 0 Å². The van der Waals surface area contributed by atoms with Crippen molar-refractivity contribution in [2.45, 2.75) is 90.3 Å². The summed E-state index contributed by atoms with van der Waals surface area (Å²) in [6.07, 6.45) is 12.5. The van der Waals surface area contributed by atoms with Gasteiger partial charge in [-0.05, 0) is 0 Å². The van der Waals surface area contributed by atoms with E-state index in [2.05, 4.69) is 13.8 Å². The third kappa shape index (κ3) is 4.78. The summed E-state index contributed by atoms with van der Waals surface area (Å²) >= 11 is 13.5. The van der Waals surface area contributed by atoms with Crippen molar-refractivity contribution in [2.24, 2.45) is 17.8 Å². The molecule has 1 aliphatic heterocycles. The molecule has 1 heterocycles. The maximum absolute atomic E-state index is 6.73. The van der Waals surface area contributed by atoms with Crippen molar-refractivity contribution in [1.29, 1.82) is 0 Å². The van der Waals surface area contributed by atoms with E-state index in [9.17, 15) is 0 Å². The molecule has 3 aliphatic rings. The molecule has 24 heavy (non-hydrogen) atoms. The van der Waals surface area contributed by atoms with Crippen molar-refractivity contribution in [1.82, 2.24) is 0 Å². The Kier molecular flexibility index (Phi) is 6.44. The van der Waals surface area contributed by atoms with E-state index in [-0.39, 0.29) is 12.2 Å². The molecule has 3 fully saturated rings. The molecule has 2 saturated carbocycles. The summed E-state index contributed by atoms with van der Waals surface area (Å²) < 4.78 is 18.5. The zero-order valence-electron chi connectivity index (χ0n) is 15.1. The molecule has 0 amide bonds. The monoisotopic (exact) mass is 398 g/mol. The predicted octanol–water partition coefficient (Wildman–Crippen LogP) is 7.21. The van der Waals surface area contributed by atoms with Gasteiger partial charge in [-0.15, -0.1) is 0 Å². The number of halogens is 2. The third-order valence-corrected chi connectivity index (χ3v) is 8.99. The van der Waals surface area contributed by atoms with Crippen LogP contribution in [0, 0.1) is 17.8 Å². The van der Waals surface area contributed by atoms with E-state index >= 15 is 0 Å². The van der Waals surface area contributed by atoms with E-state index in [0.29, 0.717) is 24.4 Å². The Bertz CT molecular complexity index is 390. The molecular weight excluding hydrogens is 366 g/mol. The van der Waals surface area contributed by atoms with Gasteiger partial charge in [0.2, 0.25) is 0 Å². The zero-order chi connectivity index (χ0) is 17.2. The maximum atomic E-state index is 6.73. The van der Waals surface area contributed by atoms with E-state index < -0.39 is 5.99 Å². The van der Waals surface area contributed by atoms with Gasteiger partial charge in [-0.1, -0.05) is 0 Å². The summed E-state index contributed by atoms with van der Waals surface area (Å²) in [5, 5.41) is 0. The first-order valence-corrected chi connectivity index (χ1v) is 13.6. The van der Waals surface area contributed by atoms with Crippen LogP contribution < -0.4 is 0 Å². The molecule has 2 aliphatic carbocycles. The fourth-order valence-electron chi connectivity index (χ4n) is 4.49. The summed E-state index contributed by atoms with van der Waals surface area (Å²) in [7, 11) is 0. The molecule has 0 spiro atoms. The Morgan fingerprint density at radius 3 is 1.62 bits per heavy atom. The van der Waals surface area contributed by atoms with Crippen LogP contribution in [0.1, 0.15) is 78.1 Å². The average molecular weight is 399 g/mol. The van der Waals surface area contributed by atoms with Gasteiger partial charge in [-0.2, -0.15) is 0 Å². The Balaban J connectivity index is 1.77. The average Bonchev–Trinajstić information content (AvgIpc) is 2.89. The van der Waals surface area contributed by atoms with Crippen molar-refractivity contribution < 1.29 is 13.6 Å². The summed E-state index contributed by atoms with van der Waals surface area (Å²) in [6.45, 7) is 4.64. The van der Waals surface area contributed by atoms with Crippen LogP contribution in [0.5, 0.6) is 0 Å². The molecule has 2 atom stereocenters. The number of rotatable bonds is 5. The van der Waals surface area contributed by atoms with Crippen LogP contribution >= 0.6 is 28.5 Å². The molecule has 1 saturated heterocycles. The van der Waals surface area contributed by atoms with Crippen molar-refractivity contribution in [3.8, 4) is 0 Å². The summed E-state index contributed by atoms with van der Waals surface area (Å²) in [4.78, 5) is 0. The molecule has 6 heteroatoms. The van der Waals surface area contributed by atoms with Gasteiger partial charge in [0.25, 0.3) is 0 Å². The van der Waals surface area contributed by atoms with Gasteiger partial charge in [-0.25, -0.2) is 0 Å². The molecule has 0 N–H and O–H groups in total. The minimum absolute atomic E-state index is 0.00762. The Morgan fingerprint density at radius 2 is 1.25 bits per heavy atom. The second-order valence-electron chi connectivity index (χ2n) is 8.33. The molecule has 0 bridgehead atoms. The zero-order valence-corrected chi connectivity index (χ0v) is 17.5. The molecule has 142 valence electrons. The SMILES string of the molecule is CC(C)COP1(Cl)(Cl)OC(C2CCCCC2)C(C2CCCCC2)O1. The van der Waals surface area contributed by atoms with Gasteiger partial charge < -0.3 is 0 Å². The van der Waals surface area contributed by atoms with Crippen LogP contribution in [0.3, 0.4) is 0 Å². The van der Waals surface area contributed by atoms with E-state index in [0.717, 1.165) is 0 Å². The van der Waals surface area contributed by atoms with Gasteiger partial charge in [0.1, 0.15) is 0 Å². The molecule has 3 nitrogen and oxygen atoms in total. The molecule has 0 aromatic carbocycles. The van der Waals surface area contributed by atoms with Crippen molar-refractivity contribution in [2.75, 3.05) is 6.61 Å². The minimum atomic E-state index is -3.98. The van der Waals surface area contributed by atoms with Gasteiger partial charge in [0, 0.05) is 0 Å². The number of hydrogen-bond acceptors (Lipinski definition) is 3. The van der Waals surface area contributed by atoms with E-state index in [1.807, 2.05) is 0 Å². The van der Waals surface area contributed by atoms with Crippen LogP contribution in [0.2, 0.25) is 0 Å². The summed E-state index contributed by atoms with van der Waals surface area (Å²) in [6, 6.07) is 0. The van der Waals surface area contributed by atoms with Crippen molar-refractivity contribution >= 4 is 28.5 Å². The normalized spacial score (nSPS) is 36.5. The van der Waals surface area contributed by atoms with Gasteiger partial charge >= 0.3 is 157 Å². The Hall–Kier alpha value is 0.890. The molecule has 2 unspecified atom stereocenters. The molecule has 3 rings (SSSR count). The first-order chi connectivity index (χ1) is 11.4. The standard InChI is InChI=1S/C18H33Cl2O3P/c1-14(2)13-21-24(19,20)22-17(15-9-5-3-6-10-15)18(23-24)16-11-7-4-8-12-16/h14-18H,3-13H2,1-2H3. The molecular formula is C18H33Cl2O3P. The molecule has 0 radical (unpaired) electrons. The van der Waals surface area contributed by atoms with Gasteiger partial charge in [-0.3, -0.25) is 0 Å². The molecule has 0 aromatic rings. The van der Waals surface area contributed by atoms with Crippen molar-refractivity contribution in [3.05, 3.63) is 0 Å². The summed E-state index contributed by atoms with van der Waals surface area (Å²) in [5.41, 5.74) is 0. The van der Waals surface area contributed by atoms with E-state index in [4.69, 9.17) is 36.1 Å². The second-order valence-corrected chi connectivity index (χ2v) is 14.4. The fourth-order valence-corrected chi connectivity index (χ4v) is 7.98. The van der Waals surface area contributed by atoms with Gasteiger partial charge in [0.15, 0.2) is 0 Å². The van der Waals surface area contributed by atoms with Crippen LogP contribution in [-0.4, -0.2) is 18.8 Å². The van der Waals surface area contributed by atoms with Crippen LogP contribution in [0.25, 0.3) is 0 Å². The van der Waals surface area contributed by atoms with Crippen LogP contribution in [0.15, 0.2) is 0 Å².